The van der Waals surface area contributed by atoms with Gasteiger partial charge in [-0.2, -0.15) is 0 Å². The molecule has 2 unspecified atom stereocenters. The van der Waals surface area contributed by atoms with Gasteiger partial charge in [0.25, 0.3) is 5.91 Å². The standard InChI is InChI=1S/C23H25F3N2O2/c1-2-15-6-8-16(9-7-15)12-28-13-20-19(21(20)14-28)11-27-22(29)17-4-3-5-18(10-17)30-23(24,25)26/h3-10,19-21H,2,11-14H2,1H3,(H,27,29). The summed E-state index contributed by atoms with van der Waals surface area (Å²) in [6.07, 6.45) is -3.73. The van der Waals surface area contributed by atoms with Crippen molar-refractivity contribution in [2.24, 2.45) is 17.8 Å². The summed E-state index contributed by atoms with van der Waals surface area (Å²) in [4.78, 5) is 14.8. The number of alkyl halides is 3. The number of fused-ring (bicyclic) bond motifs is 1. The molecule has 160 valence electrons. The third-order valence-electron chi connectivity index (χ3n) is 6.11. The van der Waals surface area contributed by atoms with Gasteiger partial charge >= 0.3 is 6.36 Å². The van der Waals surface area contributed by atoms with E-state index in [1.165, 1.54) is 29.3 Å². The molecule has 1 aliphatic carbocycles. The monoisotopic (exact) mass is 418 g/mol. The predicted molar refractivity (Wildman–Crippen MR) is 107 cm³/mol. The van der Waals surface area contributed by atoms with Gasteiger partial charge in [0.2, 0.25) is 0 Å². The van der Waals surface area contributed by atoms with Gasteiger partial charge in [0.05, 0.1) is 0 Å². The highest BCUT2D eigenvalue weighted by molar-refractivity contribution is 5.94. The summed E-state index contributed by atoms with van der Waals surface area (Å²) >= 11 is 0. The number of likely N-dealkylation sites (tertiary alicyclic amines) is 1. The molecule has 0 aromatic heterocycles. The van der Waals surface area contributed by atoms with Crippen LogP contribution >= 0.6 is 0 Å². The quantitative estimate of drug-likeness (QED) is 0.731. The van der Waals surface area contributed by atoms with Crippen LogP contribution in [0.5, 0.6) is 5.75 Å². The molecule has 2 aromatic rings. The van der Waals surface area contributed by atoms with Crippen LogP contribution in [0.1, 0.15) is 28.4 Å². The number of piperidine rings is 1. The van der Waals surface area contributed by atoms with Crippen molar-refractivity contribution in [1.82, 2.24) is 10.2 Å². The third-order valence-corrected chi connectivity index (χ3v) is 6.11. The zero-order valence-electron chi connectivity index (χ0n) is 16.8. The smallest absolute Gasteiger partial charge is 0.406 e. The summed E-state index contributed by atoms with van der Waals surface area (Å²) in [5.74, 6) is 0.851. The largest absolute Gasteiger partial charge is 0.573 e. The van der Waals surface area contributed by atoms with E-state index in [0.29, 0.717) is 24.3 Å². The minimum atomic E-state index is -4.77. The van der Waals surface area contributed by atoms with Gasteiger partial charge in [-0.05, 0) is 53.5 Å². The summed E-state index contributed by atoms with van der Waals surface area (Å²) in [7, 11) is 0. The van der Waals surface area contributed by atoms with E-state index in [1.807, 2.05) is 0 Å². The van der Waals surface area contributed by atoms with Crippen LogP contribution in [0.15, 0.2) is 48.5 Å². The summed E-state index contributed by atoms with van der Waals surface area (Å²) in [5.41, 5.74) is 2.83. The van der Waals surface area contributed by atoms with Crippen LogP contribution in [-0.4, -0.2) is 36.8 Å². The molecule has 0 radical (unpaired) electrons. The van der Waals surface area contributed by atoms with Crippen molar-refractivity contribution in [1.29, 1.82) is 0 Å². The number of carbonyl (C=O) groups is 1. The van der Waals surface area contributed by atoms with Crippen LogP contribution in [0.3, 0.4) is 0 Å². The van der Waals surface area contributed by atoms with Crippen molar-refractivity contribution in [2.75, 3.05) is 19.6 Å². The van der Waals surface area contributed by atoms with Crippen LogP contribution in [0.25, 0.3) is 0 Å². The molecule has 4 rings (SSSR count). The highest BCUT2D eigenvalue weighted by atomic mass is 19.4. The number of benzene rings is 2. The summed E-state index contributed by atoms with van der Waals surface area (Å²) in [6.45, 7) is 5.69. The van der Waals surface area contributed by atoms with Crippen molar-refractivity contribution in [2.45, 2.75) is 26.3 Å². The molecular formula is C23H25F3N2O2. The van der Waals surface area contributed by atoms with E-state index in [2.05, 4.69) is 46.1 Å². The first-order valence-corrected chi connectivity index (χ1v) is 10.3. The molecule has 2 fully saturated rings. The number of carbonyl (C=O) groups excluding carboxylic acids is 1. The molecule has 2 atom stereocenters. The van der Waals surface area contributed by atoms with Crippen molar-refractivity contribution >= 4 is 5.91 Å². The first-order chi connectivity index (χ1) is 14.3. The van der Waals surface area contributed by atoms with Gasteiger partial charge in [-0.25, -0.2) is 0 Å². The second-order valence-corrected chi connectivity index (χ2v) is 8.14. The number of aryl methyl sites for hydroxylation is 1. The fourth-order valence-electron chi connectivity index (χ4n) is 4.45. The summed E-state index contributed by atoms with van der Waals surface area (Å²) < 4.78 is 40.9. The number of ether oxygens (including phenoxy) is 1. The SMILES string of the molecule is CCc1ccc(CN2CC3C(CNC(=O)c4cccc(OC(F)(F)F)c4)C3C2)cc1. The number of nitrogens with zero attached hydrogens (tertiary/aromatic N) is 1. The maximum absolute atomic E-state index is 12.3. The van der Waals surface area contributed by atoms with Gasteiger partial charge in [0, 0.05) is 31.7 Å². The molecule has 1 saturated heterocycles. The van der Waals surface area contributed by atoms with Crippen LogP contribution in [0, 0.1) is 17.8 Å². The lowest BCUT2D eigenvalue weighted by molar-refractivity contribution is -0.274. The van der Waals surface area contributed by atoms with Gasteiger partial charge in [0.15, 0.2) is 0 Å². The number of halogens is 3. The number of hydrogen-bond acceptors (Lipinski definition) is 3. The lowest BCUT2D eigenvalue weighted by Crippen LogP contribution is -2.30. The summed E-state index contributed by atoms with van der Waals surface area (Å²) in [6, 6.07) is 13.9. The molecule has 1 saturated carbocycles. The van der Waals surface area contributed by atoms with E-state index in [9.17, 15) is 18.0 Å². The van der Waals surface area contributed by atoms with Crippen LogP contribution in [0.2, 0.25) is 0 Å². The zero-order chi connectivity index (χ0) is 21.3. The zero-order valence-corrected chi connectivity index (χ0v) is 16.8. The topological polar surface area (TPSA) is 41.6 Å². The Morgan fingerprint density at radius 1 is 1.10 bits per heavy atom. The highest BCUT2D eigenvalue weighted by Gasteiger charge is 2.55. The minimum Gasteiger partial charge on any atom is -0.406 e. The van der Waals surface area contributed by atoms with Crippen molar-refractivity contribution in [3.05, 3.63) is 65.2 Å². The molecule has 0 bridgehead atoms. The molecule has 1 aliphatic heterocycles. The second-order valence-electron chi connectivity index (χ2n) is 8.14. The Labute approximate surface area is 174 Å². The minimum absolute atomic E-state index is 0.166. The Morgan fingerprint density at radius 3 is 2.40 bits per heavy atom. The molecular weight excluding hydrogens is 393 g/mol. The van der Waals surface area contributed by atoms with Crippen LogP contribution in [0.4, 0.5) is 13.2 Å². The van der Waals surface area contributed by atoms with Gasteiger partial charge in [-0.15, -0.1) is 13.2 Å². The maximum atomic E-state index is 12.3. The van der Waals surface area contributed by atoms with E-state index >= 15 is 0 Å². The number of rotatable bonds is 7. The first-order valence-electron chi connectivity index (χ1n) is 10.3. The van der Waals surface area contributed by atoms with Crippen LogP contribution in [-0.2, 0) is 13.0 Å². The van der Waals surface area contributed by atoms with Crippen LogP contribution < -0.4 is 10.1 Å². The van der Waals surface area contributed by atoms with Gasteiger partial charge < -0.3 is 10.1 Å². The number of amides is 1. The predicted octanol–water partition coefficient (Wildman–Crippen LogP) is 4.26. The number of nitrogens with one attached hydrogen (secondary N) is 1. The van der Waals surface area contributed by atoms with E-state index in [-0.39, 0.29) is 17.2 Å². The fraction of sp³-hybridized carbons (Fsp3) is 0.435. The molecule has 2 aromatic carbocycles. The van der Waals surface area contributed by atoms with E-state index in [1.54, 1.807) is 0 Å². The van der Waals surface area contributed by atoms with Gasteiger partial charge in [-0.3, -0.25) is 9.69 Å². The average molecular weight is 418 g/mol. The Hall–Kier alpha value is -2.54. The Morgan fingerprint density at radius 2 is 1.77 bits per heavy atom. The van der Waals surface area contributed by atoms with Gasteiger partial charge in [0.1, 0.15) is 5.75 Å². The first kappa shape index (κ1) is 20.7. The molecule has 30 heavy (non-hydrogen) atoms. The third kappa shape index (κ3) is 4.95. The Kier molecular flexibility index (Phi) is 5.73. The number of hydrogen-bond donors (Lipinski definition) is 1. The lowest BCUT2D eigenvalue weighted by atomic mass is 10.1. The van der Waals surface area contributed by atoms with E-state index < -0.39 is 6.36 Å². The molecule has 2 aliphatic rings. The Bertz CT molecular complexity index is 886. The molecule has 1 amide bonds. The normalized spacial score (nSPS) is 23.1. The second kappa shape index (κ2) is 8.30. The molecule has 4 nitrogen and oxygen atoms in total. The maximum Gasteiger partial charge on any atom is 0.573 e. The van der Waals surface area contributed by atoms with Crippen molar-refractivity contribution in [3.63, 3.8) is 0 Å². The highest BCUT2D eigenvalue weighted by Crippen LogP contribution is 2.51. The molecule has 0 spiro atoms. The van der Waals surface area contributed by atoms with Crippen molar-refractivity contribution < 1.29 is 22.7 Å². The van der Waals surface area contributed by atoms with E-state index in [4.69, 9.17) is 0 Å². The Balaban J connectivity index is 1.22. The molecule has 1 heterocycles. The van der Waals surface area contributed by atoms with Crippen molar-refractivity contribution in [3.8, 4) is 5.75 Å². The summed E-state index contributed by atoms with van der Waals surface area (Å²) in [5, 5.41) is 2.86. The van der Waals surface area contributed by atoms with Gasteiger partial charge in [-0.1, -0.05) is 37.3 Å². The molecule has 1 N–H and O–H groups in total. The van der Waals surface area contributed by atoms with E-state index in [0.717, 1.165) is 32.1 Å². The average Bonchev–Trinajstić information content (AvgIpc) is 3.16. The molecule has 7 heteroatoms. The lowest BCUT2D eigenvalue weighted by Gasteiger charge is -2.20. The fourth-order valence-corrected chi connectivity index (χ4v) is 4.45.